The minimum Gasteiger partial charge on any atom is -0.456 e. The molecule has 106 valence electrons. The van der Waals surface area contributed by atoms with Crippen molar-refractivity contribution < 1.29 is 18.3 Å². The van der Waals surface area contributed by atoms with E-state index in [1.807, 2.05) is 0 Å². The minimum absolute atomic E-state index is 0.0930. The van der Waals surface area contributed by atoms with Crippen LogP contribution < -0.4 is 4.84 Å². The standard InChI is InChI=1S/C13H16ClF2NO2/c1-13(2,3)19-12(18)8-6-10(15)9(4-5-17-14)11(16)7-8/h6-7,17H,4-5H2,1-3H3. The molecule has 0 saturated heterocycles. The first-order valence-corrected chi connectivity index (χ1v) is 6.17. The van der Waals surface area contributed by atoms with Crippen molar-refractivity contribution in [1.82, 2.24) is 4.84 Å². The summed E-state index contributed by atoms with van der Waals surface area (Å²) in [5, 5.41) is 0. The largest absolute Gasteiger partial charge is 0.456 e. The number of hydrogen-bond donors (Lipinski definition) is 1. The van der Waals surface area contributed by atoms with E-state index >= 15 is 0 Å². The van der Waals surface area contributed by atoms with E-state index in [1.54, 1.807) is 20.8 Å². The monoisotopic (exact) mass is 291 g/mol. The Balaban J connectivity index is 2.97. The third-order valence-electron chi connectivity index (χ3n) is 2.25. The number of esters is 1. The van der Waals surface area contributed by atoms with Crippen LogP contribution in [0.25, 0.3) is 0 Å². The van der Waals surface area contributed by atoms with E-state index in [0.717, 1.165) is 12.1 Å². The first-order chi connectivity index (χ1) is 8.74. The van der Waals surface area contributed by atoms with Crippen molar-refractivity contribution in [2.75, 3.05) is 6.54 Å². The highest BCUT2D eigenvalue weighted by atomic mass is 35.5. The summed E-state index contributed by atoms with van der Waals surface area (Å²) in [5.74, 6) is -2.33. The predicted octanol–water partition coefficient (Wildman–Crippen LogP) is 3.21. The molecule has 1 N–H and O–H groups in total. The van der Waals surface area contributed by atoms with Crippen molar-refractivity contribution in [3.8, 4) is 0 Å². The molecule has 0 aromatic heterocycles. The van der Waals surface area contributed by atoms with E-state index in [4.69, 9.17) is 16.5 Å². The summed E-state index contributed by atoms with van der Waals surface area (Å²) < 4.78 is 32.5. The fraction of sp³-hybridized carbons (Fsp3) is 0.462. The van der Waals surface area contributed by atoms with Crippen molar-refractivity contribution in [3.05, 3.63) is 34.9 Å². The van der Waals surface area contributed by atoms with Gasteiger partial charge in [0.05, 0.1) is 5.56 Å². The van der Waals surface area contributed by atoms with E-state index in [-0.39, 0.29) is 24.1 Å². The Hall–Kier alpha value is -1.20. The van der Waals surface area contributed by atoms with Gasteiger partial charge in [-0.05, 0) is 51.1 Å². The molecule has 0 spiro atoms. The minimum atomic E-state index is -0.784. The summed E-state index contributed by atoms with van der Waals surface area (Å²) in [6.07, 6.45) is 0.0930. The number of rotatable bonds is 4. The van der Waals surface area contributed by atoms with Crippen LogP contribution in [0, 0.1) is 11.6 Å². The molecule has 0 aliphatic carbocycles. The Labute approximate surface area is 116 Å². The highest BCUT2D eigenvalue weighted by Crippen LogP contribution is 2.19. The molecule has 1 rings (SSSR count). The first kappa shape index (κ1) is 15.9. The van der Waals surface area contributed by atoms with Gasteiger partial charge in [-0.25, -0.2) is 18.4 Å². The van der Waals surface area contributed by atoms with Crippen molar-refractivity contribution in [3.63, 3.8) is 0 Å². The topological polar surface area (TPSA) is 38.3 Å². The molecule has 0 unspecified atom stereocenters. The Morgan fingerprint density at radius 3 is 2.26 bits per heavy atom. The molecule has 0 amide bonds. The second-order valence-electron chi connectivity index (χ2n) is 5.05. The molecular weight excluding hydrogens is 276 g/mol. The zero-order chi connectivity index (χ0) is 14.6. The zero-order valence-corrected chi connectivity index (χ0v) is 11.8. The lowest BCUT2D eigenvalue weighted by Crippen LogP contribution is -2.24. The van der Waals surface area contributed by atoms with Gasteiger partial charge in [0.1, 0.15) is 17.2 Å². The highest BCUT2D eigenvalue weighted by Gasteiger charge is 2.20. The third-order valence-corrected chi connectivity index (χ3v) is 2.43. The number of halogens is 3. The second-order valence-corrected chi connectivity index (χ2v) is 5.32. The SMILES string of the molecule is CC(C)(C)OC(=O)c1cc(F)c(CCNCl)c(F)c1. The number of carbonyl (C=O) groups is 1. The van der Waals surface area contributed by atoms with Crippen LogP contribution >= 0.6 is 11.8 Å². The molecule has 0 bridgehead atoms. The Kier molecular flexibility index (Phi) is 5.26. The van der Waals surface area contributed by atoms with Crippen LogP contribution in [-0.4, -0.2) is 18.1 Å². The molecule has 19 heavy (non-hydrogen) atoms. The number of benzene rings is 1. The van der Waals surface area contributed by atoms with Crippen LogP contribution in [0.15, 0.2) is 12.1 Å². The summed E-state index contributed by atoms with van der Waals surface area (Å²) in [4.78, 5) is 14.0. The maximum atomic E-state index is 13.7. The number of hydrogen-bond acceptors (Lipinski definition) is 3. The van der Waals surface area contributed by atoms with Gasteiger partial charge in [0.15, 0.2) is 0 Å². The third kappa shape index (κ3) is 4.76. The Bertz CT molecular complexity index is 449. The van der Waals surface area contributed by atoms with E-state index in [9.17, 15) is 13.6 Å². The fourth-order valence-electron chi connectivity index (χ4n) is 1.47. The molecule has 0 aliphatic heterocycles. The summed E-state index contributed by atoms with van der Waals surface area (Å²) in [5.41, 5.74) is -0.974. The lowest BCUT2D eigenvalue weighted by atomic mass is 10.1. The molecule has 0 aliphatic rings. The van der Waals surface area contributed by atoms with E-state index in [0.29, 0.717) is 0 Å². The van der Waals surface area contributed by atoms with Crippen LogP contribution in [0.5, 0.6) is 0 Å². The van der Waals surface area contributed by atoms with Gasteiger partial charge in [0.25, 0.3) is 0 Å². The van der Waals surface area contributed by atoms with E-state index in [2.05, 4.69) is 4.84 Å². The molecule has 3 nitrogen and oxygen atoms in total. The molecule has 0 heterocycles. The zero-order valence-electron chi connectivity index (χ0n) is 11.0. The molecule has 0 atom stereocenters. The average Bonchev–Trinajstić information content (AvgIpc) is 2.25. The summed E-state index contributed by atoms with van der Waals surface area (Å²) >= 11 is 5.24. The number of nitrogens with one attached hydrogen (secondary N) is 1. The van der Waals surface area contributed by atoms with Gasteiger partial charge in [0, 0.05) is 12.1 Å². The lowest BCUT2D eigenvalue weighted by Gasteiger charge is -2.19. The quantitative estimate of drug-likeness (QED) is 0.684. The molecule has 6 heteroatoms. The van der Waals surface area contributed by atoms with Gasteiger partial charge in [-0.1, -0.05) is 0 Å². The summed E-state index contributed by atoms with van der Waals surface area (Å²) in [6, 6.07) is 1.95. The van der Waals surface area contributed by atoms with Crippen LogP contribution in [0.3, 0.4) is 0 Å². The van der Waals surface area contributed by atoms with Crippen molar-refractivity contribution in [1.29, 1.82) is 0 Å². The smallest absolute Gasteiger partial charge is 0.338 e. The predicted molar refractivity (Wildman–Crippen MR) is 69.1 cm³/mol. The highest BCUT2D eigenvalue weighted by molar-refractivity contribution is 6.13. The Morgan fingerprint density at radius 1 is 1.32 bits per heavy atom. The molecule has 1 aromatic rings. The maximum Gasteiger partial charge on any atom is 0.338 e. The average molecular weight is 292 g/mol. The van der Waals surface area contributed by atoms with Crippen LogP contribution in [-0.2, 0) is 11.2 Å². The Morgan fingerprint density at radius 2 is 1.84 bits per heavy atom. The molecule has 0 radical (unpaired) electrons. The van der Waals surface area contributed by atoms with Gasteiger partial charge in [-0.15, -0.1) is 0 Å². The van der Waals surface area contributed by atoms with Crippen LogP contribution in [0.4, 0.5) is 8.78 Å². The number of carbonyl (C=O) groups excluding carboxylic acids is 1. The van der Waals surface area contributed by atoms with Gasteiger partial charge in [-0.3, -0.25) is 0 Å². The van der Waals surface area contributed by atoms with E-state index in [1.165, 1.54) is 0 Å². The maximum absolute atomic E-state index is 13.7. The molecule has 0 saturated carbocycles. The van der Waals surface area contributed by atoms with Gasteiger partial charge in [-0.2, -0.15) is 0 Å². The van der Waals surface area contributed by atoms with Gasteiger partial charge >= 0.3 is 5.97 Å². The second kappa shape index (κ2) is 6.30. The van der Waals surface area contributed by atoms with Crippen molar-refractivity contribution in [2.45, 2.75) is 32.8 Å². The molecule has 0 fully saturated rings. The van der Waals surface area contributed by atoms with Crippen molar-refractivity contribution in [2.24, 2.45) is 0 Å². The van der Waals surface area contributed by atoms with Crippen LogP contribution in [0.2, 0.25) is 0 Å². The van der Waals surface area contributed by atoms with E-state index < -0.39 is 23.2 Å². The first-order valence-electron chi connectivity index (χ1n) is 5.79. The number of ether oxygens (including phenoxy) is 1. The molecule has 1 aromatic carbocycles. The summed E-state index contributed by atoms with van der Waals surface area (Å²) in [6.45, 7) is 5.26. The lowest BCUT2D eigenvalue weighted by molar-refractivity contribution is 0.00684. The van der Waals surface area contributed by atoms with Crippen LogP contribution in [0.1, 0.15) is 36.7 Å². The normalized spacial score (nSPS) is 11.5. The van der Waals surface area contributed by atoms with Gasteiger partial charge in [0.2, 0.25) is 0 Å². The molecular formula is C13H16ClF2NO2. The van der Waals surface area contributed by atoms with Gasteiger partial charge < -0.3 is 4.74 Å². The van der Waals surface area contributed by atoms with Crippen molar-refractivity contribution >= 4 is 17.7 Å². The summed E-state index contributed by atoms with van der Waals surface area (Å²) in [7, 11) is 0. The fourth-order valence-corrected chi connectivity index (χ4v) is 1.56.